The summed E-state index contributed by atoms with van der Waals surface area (Å²) in [5.41, 5.74) is 1.43. The Kier molecular flexibility index (Phi) is 3.63. The van der Waals surface area contributed by atoms with Crippen LogP contribution in [0.3, 0.4) is 0 Å². The van der Waals surface area contributed by atoms with Gasteiger partial charge in [0, 0.05) is 0 Å². The molecule has 0 fully saturated rings. The molecule has 0 aliphatic heterocycles. The van der Waals surface area contributed by atoms with Gasteiger partial charge in [0.05, 0.1) is 29.7 Å². The fourth-order valence-electron chi connectivity index (χ4n) is 1.08. The number of hydrogen-bond acceptors (Lipinski definition) is 5. The van der Waals surface area contributed by atoms with Gasteiger partial charge in [0.25, 0.3) is 0 Å². The van der Waals surface area contributed by atoms with Crippen LogP contribution in [-0.4, -0.2) is 17.6 Å². The van der Waals surface area contributed by atoms with Gasteiger partial charge in [-0.25, -0.2) is 4.79 Å². The minimum absolute atomic E-state index is 0.314. The highest BCUT2D eigenvalue weighted by molar-refractivity contribution is 5.91. The van der Waals surface area contributed by atoms with Crippen LogP contribution in [0.5, 0.6) is 0 Å². The van der Waals surface area contributed by atoms with Crippen LogP contribution in [0.15, 0.2) is 12.3 Å². The van der Waals surface area contributed by atoms with Gasteiger partial charge in [-0.1, -0.05) is 0 Å². The standard InChI is InChI=1S/C10H11N3O2/c1-3-15-10(14)9-4-8(13-6-11)5-12-7(9)2/h4-5,13H,3H2,1-2H3. The van der Waals surface area contributed by atoms with Crippen LogP contribution in [0.2, 0.25) is 0 Å². The molecule has 1 aromatic heterocycles. The van der Waals surface area contributed by atoms with Gasteiger partial charge in [-0.2, -0.15) is 5.26 Å². The second-order valence-corrected chi connectivity index (χ2v) is 2.81. The molecule has 0 amide bonds. The Morgan fingerprint density at radius 3 is 3.07 bits per heavy atom. The number of pyridine rings is 1. The van der Waals surface area contributed by atoms with E-state index >= 15 is 0 Å². The fraction of sp³-hybridized carbons (Fsp3) is 0.300. The van der Waals surface area contributed by atoms with Gasteiger partial charge < -0.3 is 4.74 Å². The molecule has 0 unspecified atom stereocenters. The highest BCUT2D eigenvalue weighted by atomic mass is 16.5. The number of aromatic nitrogens is 1. The molecular weight excluding hydrogens is 194 g/mol. The van der Waals surface area contributed by atoms with Crippen molar-refractivity contribution < 1.29 is 9.53 Å². The van der Waals surface area contributed by atoms with E-state index in [1.807, 2.05) is 0 Å². The Bertz CT molecular complexity index is 410. The zero-order valence-electron chi connectivity index (χ0n) is 8.57. The van der Waals surface area contributed by atoms with E-state index in [4.69, 9.17) is 10.00 Å². The summed E-state index contributed by atoms with van der Waals surface area (Å²) in [5.74, 6) is -0.427. The van der Waals surface area contributed by atoms with Gasteiger partial charge in [-0.05, 0) is 19.9 Å². The van der Waals surface area contributed by atoms with Crippen LogP contribution in [0.25, 0.3) is 0 Å². The van der Waals surface area contributed by atoms with Crippen LogP contribution in [0.4, 0.5) is 5.69 Å². The third-order valence-corrected chi connectivity index (χ3v) is 1.78. The van der Waals surface area contributed by atoms with E-state index in [0.717, 1.165) is 0 Å². The van der Waals surface area contributed by atoms with Gasteiger partial charge in [0.15, 0.2) is 6.19 Å². The Morgan fingerprint density at radius 1 is 1.73 bits per heavy atom. The molecule has 0 radical (unpaired) electrons. The summed E-state index contributed by atoms with van der Waals surface area (Å²) in [4.78, 5) is 15.4. The van der Waals surface area contributed by atoms with Crippen molar-refractivity contribution in [3.8, 4) is 6.19 Å². The van der Waals surface area contributed by atoms with Crippen LogP contribution in [-0.2, 0) is 4.74 Å². The average Bonchev–Trinajstić information content (AvgIpc) is 2.21. The van der Waals surface area contributed by atoms with Crippen LogP contribution >= 0.6 is 0 Å². The lowest BCUT2D eigenvalue weighted by Crippen LogP contribution is -2.08. The summed E-state index contributed by atoms with van der Waals surface area (Å²) in [7, 11) is 0. The lowest BCUT2D eigenvalue weighted by atomic mass is 10.2. The molecule has 78 valence electrons. The number of esters is 1. The Hall–Kier alpha value is -2.09. The largest absolute Gasteiger partial charge is 0.462 e. The molecule has 5 heteroatoms. The Labute approximate surface area is 87.7 Å². The summed E-state index contributed by atoms with van der Waals surface area (Å²) in [5, 5.41) is 10.8. The minimum atomic E-state index is -0.427. The predicted molar refractivity (Wildman–Crippen MR) is 54.2 cm³/mol. The molecule has 0 bridgehead atoms. The molecule has 0 aliphatic carbocycles. The Morgan fingerprint density at radius 2 is 2.47 bits per heavy atom. The summed E-state index contributed by atoms with van der Waals surface area (Å²) in [6.45, 7) is 3.76. The third-order valence-electron chi connectivity index (χ3n) is 1.78. The second-order valence-electron chi connectivity index (χ2n) is 2.81. The summed E-state index contributed by atoms with van der Waals surface area (Å²) < 4.78 is 4.85. The predicted octanol–water partition coefficient (Wildman–Crippen LogP) is 1.46. The van der Waals surface area contributed by atoms with E-state index in [-0.39, 0.29) is 0 Å². The first-order valence-electron chi connectivity index (χ1n) is 4.48. The highest BCUT2D eigenvalue weighted by Crippen LogP contribution is 2.13. The van der Waals surface area contributed by atoms with E-state index in [1.54, 1.807) is 26.1 Å². The quantitative estimate of drug-likeness (QED) is 0.459. The first-order valence-corrected chi connectivity index (χ1v) is 4.48. The van der Waals surface area contributed by atoms with Crippen molar-refractivity contribution >= 4 is 11.7 Å². The number of nitriles is 1. The summed E-state index contributed by atoms with van der Waals surface area (Å²) in [6, 6.07) is 1.55. The molecule has 0 aliphatic rings. The van der Waals surface area contributed by atoms with Gasteiger partial charge in [-0.15, -0.1) is 0 Å². The number of nitrogens with zero attached hydrogens (tertiary/aromatic N) is 2. The normalized spacial score (nSPS) is 9.13. The zero-order valence-corrected chi connectivity index (χ0v) is 8.57. The van der Waals surface area contributed by atoms with Crippen LogP contribution < -0.4 is 5.32 Å². The average molecular weight is 205 g/mol. The van der Waals surface area contributed by atoms with Crippen molar-refractivity contribution in [2.75, 3.05) is 11.9 Å². The molecule has 1 heterocycles. The van der Waals surface area contributed by atoms with Crippen molar-refractivity contribution in [2.45, 2.75) is 13.8 Å². The van der Waals surface area contributed by atoms with E-state index < -0.39 is 5.97 Å². The van der Waals surface area contributed by atoms with Gasteiger partial charge >= 0.3 is 5.97 Å². The van der Waals surface area contributed by atoms with Crippen molar-refractivity contribution in [3.05, 3.63) is 23.5 Å². The number of hydrogen-bond donors (Lipinski definition) is 1. The van der Waals surface area contributed by atoms with Crippen molar-refractivity contribution in [1.82, 2.24) is 4.98 Å². The molecular formula is C10H11N3O2. The maximum atomic E-state index is 11.4. The minimum Gasteiger partial charge on any atom is -0.462 e. The van der Waals surface area contributed by atoms with Crippen molar-refractivity contribution in [3.63, 3.8) is 0 Å². The number of nitrogens with one attached hydrogen (secondary N) is 1. The lowest BCUT2D eigenvalue weighted by Gasteiger charge is -2.05. The van der Waals surface area contributed by atoms with Crippen molar-refractivity contribution in [1.29, 1.82) is 5.26 Å². The molecule has 1 N–H and O–H groups in total. The maximum Gasteiger partial charge on any atom is 0.340 e. The molecule has 0 saturated carbocycles. The number of carbonyl (C=O) groups is 1. The van der Waals surface area contributed by atoms with E-state index in [0.29, 0.717) is 23.6 Å². The molecule has 1 aromatic rings. The Balaban J connectivity index is 3.00. The molecule has 0 saturated heterocycles. The topological polar surface area (TPSA) is 75.0 Å². The van der Waals surface area contributed by atoms with Crippen LogP contribution in [0.1, 0.15) is 23.0 Å². The SMILES string of the molecule is CCOC(=O)c1cc(NC#N)cnc1C. The van der Waals surface area contributed by atoms with Gasteiger partial charge in [0.1, 0.15) is 0 Å². The smallest absolute Gasteiger partial charge is 0.340 e. The zero-order chi connectivity index (χ0) is 11.3. The van der Waals surface area contributed by atoms with E-state index in [2.05, 4.69) is 10.3 Å². The first-order chi connectivity index (χ1) is 7.19. The molecule has 0 spiro atoms. The molecule has 15 heavy (non-hydrogen) atoms. The number of aryl methyl sites for hydroxylation is 1. The van der Waals surface area contributed by atoms with Crippen molar-refractivity contribution in [2.24, 2.45) is 0 Å². The monoisotopic (exact) mass is 205 g/mol. The summed E-state index contributed by atoms with van der Waals surface area (Å²) >= 11 is 0. The van der Waals surface area contributed by atoms with Crippen LogP contribution in [0, 0.1) is 18.4 Å². The molecule has 0 aromatic carbocycles. The van der Waals surface area contributed by atoms with Gasteiger partial charge in [-0.3, -0.25) is 10.3 Å². The molecule has 5 nitrogen and oxygen atoms in total. The number of rotatable bonds is 3. The summed E-state index contributed by atoms with van der Waals surface area (Å²) in [6.07, 6.45) is 3.25. The molecule has 1 rings (SSSR count). The first kappa shape index (κ1) is 11.0. The second kappa shape index (κ2) is 4.96. The van der Waals surface area contributed by atoms with E-state index in [9.17, 15) is 4.79 Å². The fourth-order valence-corrected chi connectivity index (χ4v) is 1.08. The highest BCUT2D eigenvalue weighted by Gasteiger charge is 2.11. The van der Waals surface area contributed by atoms with E-state index in [1.165, 1.54) is 6.20 Å². The third kappa shape index (κ3) is 2.68. The van der Waals surface area contributed by atoms with Gasteiger partial charge in [0.2, 0.25) is 0 Å². The number of ether oxygens (including phenoxy) is 1. The number of anilines is 1. The molecule has 0 atom stereocenters. The lowest BCUT2D eigenvalue weighted by molar-refractivity contribution is 0.0525. The maximum absolute atomic E-state index is 11.4. The number of carbonyl (C=O) groups excluding carboxylic acids is 1.